The van der Waals surface area contributed by atoms with Crippen LogP contribution in [-0.4, -0.2) is 50.1 Å². The summed E-state index contributed by atoms with van der Waals surface area (Å²) in [5.41, 5.74) is 0. The zero-order valence-corrected chi connectivity index (χ0v) is 12.0. The van der Waals surface area contributed by atoms with Gasteiger partial charge < -0.3 is 10.1 Å². The zero-order valence-electron chi connectivity index (χ0n) is 11.2. The maximum Gasteiger partial charge on any atom is 0.243 e. The minimum absolute atomic E-state index is 0.0707. The van der Waals surface area contributed by atoms with Gasteiger partial charge in [-0.05, 0) is 19.9 Å². The number of sulfonamides is 1. The number of morpholine rings is 1. The number of hydrogen-bond acceptors (Lipinski definition) is 5. The maximum absolute atomic E-state index is 12.5. The lowest BCUT2D eigenvalue weighted by molar-refractivity contribution is 0.0102. The number of ether oxygens (including phenoxy) is 1. The number of nitrogens with one attached hydrogen (secondary N) is 1. The highest BCUT2D eigenvalue weighted by atomic mass is 32.2. The molecule has 19 heavy (non-hydrogen) atoms. The number of anilines is 1. The van der Waals surface area contributed by atoms with E-state index in [1.54, 1.807) is 6.07 Å². The molecule has 0 bridgehead atoms. The molecule has 0 aromatic carbocycles. The van der Waals surface area contributed by atoms with Crippen LogP contribution >= 0.6 is 0 Å². The van der Waals surface area contributed by atoms with Crippen molar-refractivity contribution in [3.05, 3.63) is 18.3 Å². The van der Waals surface area contributed by atoms with Crippen molar-refractivity contribution < 1.29 is 13.2 Å². The molecule has 1 N–H and O–H groups in total. The number of hydrogen-bond donors (Lipinski definition) is 1. The van der Waals surface area contributed by atoms with Gasteiger partial charge in [0.25, 0.3) is 0 Å². The molecule has 7 heteroatoms. The normalized spacial score (nSPS) is 21.3. The average Bonchev–Trinajstić information content (AvgIpc) is 2.39. The molecule has 1 aromatic heterocycles. The van der Waals surface area contributed by atoms with Crippen molar-refractivity contribution in [1.29, 1.82) is 0 Å². The summed E-state index contributed by atoms with van der Waals surface area (Å²) >= 11 is 0. The predicted octanol–water partition coefficient (Wildman–Crippen LogP) is 0.923. The second kappa shape index (κ2) is 5.85. The molecular formula is C12H19N3O3S. The molecular weight excluding hydrogens is 266 g/mol. The smallest absolute Gasteiger partial charge is 0.243 e. The van der Waals surface area contributed by atoms with Crippen LogP contribution in [0.2, 0.25) is 0 Å². The highest BCUT2D eigenvalue weighted by molar-refractivity contribution is 7.89. The predicted molar refractivity (Wildman–Crippen MR) is 72.6 cm³/mol. The fourth-order valence-corrected chi connectivity index (χ4v) is 3.52. The van der Waals surface area contributed by atoms with Gasteiger partial charge in [0.2, 0.25) is 10.0 Å². The van der Waals surface area contributed by atoms with E-state index in [0.717, 1.165) is 0 Å². The Kier molecular flexibility index (Phi) is 4.38. The molecule has 1 aromatic rings. The fourth-order valence-electron chi connectivity index (χ4n) is 2.00. The molecule has 2 rings (SSSR count). The lowest BCUT2D eigenvalue weighted by Gasteiger charge is -2.30. The Morgan fingerprint density at radius 3 is 3.05 bits per heavy atom. The van der Waals surface area contributed by atoms with E-state index in [-0.39, 0.29) is 11.0 Å². The maximum atomic E-state index is 12.5. The molecule has 1 saturated heterocycles. The molecule has 0 saturated carbocycles. The van der Waals surface area contributed by atoms with Gasteiger partial charge in [-0.2, -0.15) is 4.31 Å². The van der Waals surface area contributed by atoms with Crippen molar-refractivity contribution in [2.45, 2.75) is 24.8 Å². The Morgan fingerprint density at radius 2 is 2.37 bits per heavy atom. The number of aromatic nitrogens is 1. The van der Waals surface area contributed by atoms with E-state index in [0.29, 0.717) is 32.1 Å². The Hall–Kier alpha value is -1.18. The largest absolute Gasteiger partial charge is 0.376 e. The standard InChI is InChI=1S/C12H19N3O3S/c1-3-13-12-8-11(4-5-14-12)19(16,17)15-6-7-18-10(2)9-15/h4-5,8,10H,3,6-7,9H2,1-2H3,(H,13,14). The second-order valence-corrected chi connectivity index (χ2v) is 6.39. The quantitative estimate of drug-likeness (QED) is 0.891. The Morgan fingerprint density at radius 1 is 1.58 bits per heavy atom. The van der Waals surface area contributed by atoms with Gasteiger partial charge in [0.05, 0.1) is 17.6 Å². The van der Waals surface area contributed by atoms with E-state index in [1.807, 2.05) is 13.8 Å². The molecule has 1 atom stereocenters. The Labute approximate surface area is 113 Å². The molecule has 0 amide bonds. The molecule has 0 spiro atoms. The molecule has 1 unspecified atom stereocenters. The Bertz CT molecular complexity index is 533. The molecule has 0 radical (unpaired) electrons. The van der Waals surface area contributed by atoms with E-state index in [4.69, 9.17) is 4.74 Å². The van der Waals surface area contributed by atoms with Crippen LogP contribution in [0.15, 0.2) is 23.2 Å². The van der Waals surface area contributed by atoms with Gasteiger partial charge in [-0.1, -0.05) is 0 Å². The van der Waals surface area contributed by atoms with E-state index in [2.05, 4.69) is 10.3 Å². The van der Waals surface area contributed by atoms with Gasteiger partial charge >= 0.3 is 0 Å². The van der Waals surface area contributed by atoms with Crippen LogP contribution < -0.4 is 5.32 Å². The first kappa shape index (κ1) is 14.2. The number of nitrogens with zero attached hydrogens (tertiary/aromatic N) is 2. The van der Waals surface area contributed by atoms with Crippen molar-refractivity contribution in [1.82, 2.24) is 9.29 Å². The van der Waals surface area contributed by atoms with E-state index in [9.17, 15) is 8.42 Å². The topological polar surface area (TPSA) is 71.5 Å². The first-order valence-electron chi connectivity index (χ1n) is 6.35. The zero-order chi connectivity index (χ0) is 13.9. The molecule has 0 aliphatic carbocycles. The van der Waals surface area contributed by atoms with Gasteiger partial charge in [0, 0.05) is 31.9 Å². The van der Waals surface area contributed by atoms with Crippen LogP contribution in [0.5, 0.6) is 0 Å². The van der Waals surface area contributed by atoms with Crippen molar-refractivity contribution >= 4 is 15.8 Å². The van der Waals surface area contributed by atoms with Crippen molar-refractivity contribution in [3.63, 3.8) is 0 Å². The third-order valence-corrected chi connectivity index (χ3v) is 4.79. The molecule has 1 aliphatic heterocycles. The van der Waals surface area contributed by atoms with E-state index < -0.39 is 10.0 Å². The first-order chi connectivity index (χ1) is 9.04. The molecule has 106 valence electrons. The monoisotopic (exact) mass is 285 g/mol. The summed E-state index contributed by atoms with van der Waals surface area (Å²) in [6.07, 6.45) is 1.44. The second-order valence-electron chi connectivity index (χ2n) is 4.45. The third-order valence-electron chi connectivity index (χ3n) is 2.93. The summed E-state index contributed by atoms with van der Waals surface area (Å²) in [6, 6.07) is 3.09. The number of pyridine rings is 1. The third kappa shape index (κ3) is 3.23. The van der Waals surface area contributed by atoms with Gasteiger partial charge in [0.15, 0.2) is 0 Å². The summed E-state index contributed by atoms with van der Waals surface area (Å²) in [5, 5.41) is 3.01. The van der Waals surface area contributed by atoms with Gasteiger partial charge in [-0.15, -0.1) is 0 Å². The lowest BCUT2D eigenvalue weighted by Crippen LogP contribution is -2.44. The minimum Gasteiger partial charge on any atom is -0.376 e. The summed E-state index contributed by atoms with van der Waals surface area (Å²) in [5.74, 6) is 0.574. The van der Waals surface area contributed by atoms with Gasteiger partial charge in [-0.25, -0.2) is 13.4 Å². The van der Waals surface area contributed by atoms with Gasteiger partial charge in [0.1, 0.15) is 5.82 Å². The highest BCUT2D eigenvalue weighted by Gasteiger charge is 2.29. The van der Waals surface area contributed by atoms with Gasteiger partial charge in [-0.3, -0.25) is 0 Å². The fraction of sp³-hybridized carbons (Fsp3) is 0.583. The van der Waals surface area contributed by atoms with E-state index in [1.165, 1.54) is 16.6 Å². The van der Waals surface area contributed by atoms with Crippen molar-refractivity contribution in [2.75, 3.05) is 31.6 Å². The number of rotatable bonds is 4. The molecule has 2 heterocycles. The van der Waals surface area contributed by atoms with Crippen LogP contribution in [-0.2, 0) is 14.8 Å². The average molecular weight is 285 g/mol. The Balaban J connectivity index is 2.25. The van der Waals surface area contributed by atoms with Crippen LogP contribution in [0.25, 0.3) is 0 Å². The molecule has 1 fully saturated rings. The lowest BCUT2D eigenvalue weighted by atomic mass is 10.3. The van der Waals surface area contributed by atoms with Crippen LogP contribution in [0, 0.1) is 0 Å². The summed E-state index contributed by atoms with van der Waals surface area (Å²) < 4.78 is 31.8. The summed E-state index contributed by atoms with van der Waals surface area (Å²) in [6.45, 7) is 5.73. The van der Waals surface area contributed by atoms with E-state index >= 15 is 0 Å². The summed E-state index contributed by atoms with van der Waals surface area (Å²) in [7, 11) is -3.46. The SMILES string of the molecule is CCNc1cc(S(=O)(=O)N2CCOC(C)C2)ccn1. The van der Waals surface area contributed by atoms with Crippen LogP contribution in [0.4, 0.5) is 5.82 Å². The van der Waals surface area contributed by atoms with Crippen LogP contribution in [0.1, 0.15) is 13.8 Å². The molecule has 6 nitrogen and oxygen atoms in total. The minimum atomic E-state index is -3.46. The van der Waals surface area contributed by atoms with Crippen molar-refractivity contribution in [3.8, 4) is 0 Å². The highest BCUT2D eigenvalue weighted by Crippen LogP contribution is 2.20. The first-order valence-corrected chi connectivity index (χ1v) is 7.79. The molecule has 1 aliphatic rings. The van der Waals surface area contributed by atoms with Crippen LogP contribution in [0.3, 0.4) is 0 Å². The van der Waals surface area contributed by atoms with Crippen molar-refractivity contribution in [2.24, 2.45) is 0 Å². The summed E-state index contributed by atoms with van der Waals surface area (Å²) in [4.78, 5) is 4.35.